The monoisotopic (exact) mass is 309 g/mol. The molecule has 0 aliphatic heterocycles. The zero-order chi connectivity index (χ0) is 14.3. The van der Waals surface area contributed by atoms with Crippen LogP contribution in [0.3, 0.4) is 0 Å². The molecule has 20 heavy (non-hydrogen) atoms. The van der Waals surface area contributed by atoms with Gasteiger partial charge in [-0.2, -0.15) is 0 Å². The second-order valence-corrected chi connectivity index (χ2v) is 5.70. The van der Waals surface area contributed by atoms with E-state index in [1.54, 1.807) is 6.33 Å². The molecule has 1 unspecified atom stereocenters. The van der Waals surface area contributed by atoms with Gasteiger partial charge in [-0.15, -0.1) is 21.8 Å². The van der Waals surface area contributed by atoms with E-state index in [0.29, 0.717) is 11.6 Å². The minimum absolute atomic E-state index is 0.216. The minimum Gasteiger partial charge on any atom is -0.319 e. The summed E-state index contributed by atoms with van der Waals surface area (Å²) in [5.41, 5.74) is 1.71. The highest BCUT2D eigenvalue weighted by Gasteiger charge is 2.18. The molecule has 0 N–H and O–H groups in total. The number of benzene rings is 1. The van der Waals surface area contributed by atoms with Gasteiger partial charge in [0.05, 0.1) is 28.0 Å². The summed E-state index contributed by atoms with van der Waals surface area (Å²) in [7, 11) is 1.90. The SMILES string of the molecule is CC(Cl)c1nc2cccc(Cl)c2n1Cc1nncn1C. The van der Waals surface area contributed by atoms with Gasteiger partial charge in [-0.05, 0) is 19.1 Å². The summed E-state index contributed by atoms with van der Waals surface area (Å²) >= 11 is 12.6. The van der Waals surface area contributed by atoms with Crippen LogP contribution in [0, 0.1) is 0 Å². The Morgan fingerprint density at radius 3 is 2.80 bits per heavy atom. The number of hydrogen-bond acceptors (Lipinski definition) is 3. The molecular formula is C13H13Cl2N5. The predicted molar refractivity (Wildman–Crippen MR) is 79.1 cm³/mol. The molecule has 7 heteroatoms. The third-order valence-corrected chi connectivity index (χ3v) is 3.71. The minimum atomic E-state index is -0.216. The van der Waals surface area contributed by atoms with Crippen molar-refractivity contribution in [3.63, 3.8) is 0 Å². The summed E-state index contributed by atoms with van der Waals surface area (Å²) in [5, 5.41) is 8.44. The lowest BCUT2D eigenvalue weighted by molar-refractivity contribution is 0.675. The Labute approximate surface area is 126 Å². The largest absolute Gasteiger partial charge is 0.319 e. The van der Waals surface area contributed by atoms with E-state index in [9.17, 15) is 0 Å². The maximum atomic E-state index is 6.31. The molecule has 0 aliphatic carbocycles. The third kappa shape index (κ3) is 2.17. The standard InChI is InChI=1S/C13H13Cl2N5/c1-8(14)13-17-10-5-3-4-9(15)12(10)20(13)6-11-18-16-7-19(11)2/h3-5,7-8H,6H2,1-2H3. The van der Waals surface area contributed by atoms with Crippen molar-refractivity contribution >= 4 is 34.2 Å². The fourth-order valence-electron chi connectivity index (χ4n) is 2.22. The van der Waals surface area contributed by atoms with Gasteiger partial charge in [0.25, 0.3) is 0 Å². The fraction of sp³-hybridized carbons (Fsp3) is 0.308. The van der Waals surface area contributed by atoms with Crippen LogP contribution >= 0.6 is 23.2 Å². The lowest BCUT2D eigenvalue weighted by Gasteiger charge is -2.10. The summed E-state index contributed by atoms with van der Waals surface area (Å²) in [6.45, 7) is 2.42. The van der Waals surface area contributed by atoms with Crippen LogP contribution in [0.15, 0.2) is 24.5 Å². The smallest absolute Gasteiger partial charge is 0.152 e. The maximum absolute atomic E-state index is 6.31. The lowest BCUT2D eigenvalue weighted by Crippen LogP contribution is -2.10. The van der Waals surface area contributed by atoms with E-state index in [0.717, 1.165) is 22.7 Å². The molecule has 0 amide bonds. The lowest BCUT2D eigenvalue weighted by atomic mass is 10.3. The number of hydrogen-bond donors (Lipinski definition) is 0. The van der Waals surface area contributed by atoms with Gasteiger partial charge >= 0.3 is 0 Å². The highest BCUT2D eigenvalue weighted by molar-refractivity contribution is 6.35. The van der Waals surface area contributed by atoms with Crippen LogP contribution in [0.4, 0.5) is 0 Å². The summed E-state index contributed by atoms with van der Waals surface area (Å²) in [6, 6.07) is 5.66. The molecule has 3 rings (SSSR count). The number of halogens is 2. The topological polar surface area (TPSA) is 48.5 Å². The molecule has 3 aromatic rings. The second kappa shape index (κ2) is 5.07. The van der Waals surface area contributed by atoms with E-state index in [1.807, 2.05) is 41.3 Å². The number of rotatable bonds is 3. The van der Waals surface area contributed by atoms with Crippen molar-refractivity contribution in [1.82, 2.24) is 24.3 Å². The van der Waals surface area contributed by atoms with Gasteiger partial charge in [-0.3, -0.25) is 0 Å². The number of nitrogens with zero attached hydrogens (tertiary/aromatic N) is 5. The molecule has 0 spiro atoms. The fourth-order valence-corrected chi connectivity index (χ4v) is 2.65. The first-order valence-electron chi connectivity index (χ1n) is 6.19. The van der Waals surface area contributed by atoms with Crippen LogP contribution in [0.1, 0.15) is 23.9 Å². The number of alkyl halides is 1. The van der Waals surface area contributed by atoms with Gasteiger partial charge in [0.1, 0.15) is 12.2 Å². The second-order valence-electron chi connectivity index (χ2n) is 4.64. The summed E-state index contributed by atoms with van der Waals surface area (Å²) in [5.74, 6) is 1.60. The van der Waals surface area contributed by atoms with Crippen LogP contribution in [0.25, 0.3) is 11.0 Å². The average molecular weight is 310 g/mol. The van der Waals surface area contributed by atoms with Gasteiger partial charge in [0.15, 0.2) is 5.82 Å². The van der Waals surface area contributed by atoms with Gasteiger partial charge in [0.2, 0.25) is 0 Å². The van der Waals surface area contributed by atoms with Crippen molar-refractivity contribution in [3.8, 4) is 0 Å². The van der Waals surface area contributed by atoms with E-state index < -0.39 is 0 Å². The average Bonchev–Trinajstić information content (AvgIpc) is 2.96. The maximum Gasteiger partial charge on any atom is 0.152 e. The Kier molecular flexibility index (Phi) is 3.40. The molecule has 0 fully saturated rings. The van der Waals surface area contributed by atoms with Crippen LogP contribution < -0.4 is 0 Å². The van der Waals surface area contributed by atoms with Crippen molar-refractivity contribution in [2.75, 3.05) is 0 Å². The Morgan fingerprint density at radius 2 is 2.15 bits per heavy atom. The first-order valence-corrected chi connectivity index (χ1v) is 7.01. The van der Waals surface area contributed by atoms with Crippen molar-refractivity contribution in [2.24, 2.45) is 7.05 Å². The molecule has 0 saturated heterocycles. The Morgan fingerprint density at radius 1 is 1.35 bits per heavy atom. The first kappa shape index (κ1) is 13.4. The van der Waals surface area contributed by atoms with Gasteiger partial charge < -0.3 is 9.13 Å². The quantitative estimate of drug-likeness (QED) is 0.698. The van der Waals surface area contributed by atoms with Gasteiger partial charge in [-0.25, -0.2) is 4.98 Å². The molecule has 5 nitrogen and oxygen atoms in total. The van der Waals surface area contributed by atoms with Crippen molar-refractivity contribution in [1.29, 1.82) is 0 Å². The van der Waals surface area contributed by atoms with E-state index in [1.165, 1.54) is 0 Å². The molecule has 1 aromatic carbocycles. The molecule has 0 bridgehead atoms. The Balaban J connectivity index is 2.21. The Hall–Kier alpha value is -1.59. The highest BCUT2D eigenvalue weighted by Crippen LogP contribution is 2.29. The zero-order valence-electron chi connectivity index (χ0n) is 11.1. The highest BCUT2D eigenvalue weighted by atomic mass is 35.5. The zero-order valence-corrected chi connectivity index (χ0v) is 12.6. The molecule has 0 aliphatic rings. The van der Waals surface area contributed by atoms with Crippen LogP contribution in [-0.2, 0) is 13.6 Å². The van der Waals surface area contributed by atoms with Crippen LogP contribution in [-0.4, -0.2) is 24.3 Å². The normalized spacial score (nSPS) is 13.0. The molecule has 0 saturated carbocycles. The molecule has 1 atom stereocenters. The predicted octanol–water partition coefficient (Wildman–Crippen LogP) is 3.17. The van der Waals surface area contributed by atoms with Crippen molar-refractivity contribution < 1.29 is 0 Å². The number of aryl methyl sites for hydroxylation is 1. The van der Waals surface area contributed by atoms with E-state index in [2.05, 4.69) is 15.2 Å². The van der Waals surface area contributed by atoms with Gasteiger partial charge in [0, 0.05) is 7.05 Å². The molecule has 104 valence electrons. The van der Waals surface area contributed by atoms with Gasteiger partial charge in [-0.1, -0.05) is 17.7 Å². The molecule has 2 heterocycles. The summed E-state index contributed by atoms with van der Waals surface area (Å²) in [4.78, 5) is 4.57. The number of fused-ring (bicyclic) bond motifs is 1. The van der Waals surface area contributed by atoms with Crippen molar-refractivity contribution in [3.05, 3.63) is 41.2 Å². The number of aromatic nitrogens is 5. The van der Waals surface area contributed by atoms with E-state index >= 15 is 0 Å². The summed E-state index contributed by atoms with van der Waals surface area (Å²) < 4.78 is 3.87. The third-order valence-electron chi connectivity index (χ3n) is 3.21. The number of imidazole rings is 1. The molecular weight excluding hydrogens is 297 g/mol. The molecule has 0 radical (unpaired) electrons. The van der Waals surface area contributed by atoms with Crippen molar-refractivity contribution in [2.45, 2.75) is 18.8 Å². The number of para-hydroxylation sites is 1. The Bertz CT molecular complexity index is 759. The first-order chi connectivity index (χ1) is 9.58. The molecule has 2 aromatic heterocycles. The van der Waals surface area contributed by atoms with E-state index in [-0.39, 0.29) is 5.38 Å². The van der Waals surface area contributed by atoms with Crippen LogP contribution in [0.5, 0.6) is 0 Å². The summed E-state index contributed by atoms with van der Waals surface area (Å²) in [6.07, 6.45) is 1.67. The van der Waals surface area contributed by atoms with E-state index in [4.69, 9.17) is 23.2 Å². The van der Waals surface area contributed by atoms with Crippen LogP contribution in [0.2, 0.25) is 5.02 Å².